The van der Waals surface area contributed by atoms with Crippen LogP contribution in [-0.4, -0.2) is 65.5 Å². The summed E-state index contributed by atoms with van der Waals surface area (Å²) in [5.74, 6) is 1.57. The molecule has 1 N–H and O–H groups in total. The van der Waals surface area contributed by atoms with Crippen LogP contribution in [0.3, 0.4) is 0 Å². The number of guanidine groups is 1. The van der Waals surface area contributed by atoms with Crippen molar-refractivity contribution in [3.05, 3.63) is 22.5 Å². The number of nitro groups is 1. The van der Waals surface area contributed by atoms with Gasteiger partial charge in [0.25, 0.3) is 0 Å². The average Bonchev–Trinajstić information content (AvgIpc) is 3.26. The Morgan fingerprint density at radius 3 is 3.04 bits per heavy atom. The number of aromatic nitrogens is 2. The molecule has 0 bridgehead atoms. The van der Waals surface area contributed by atoms with Crippen molar-refractivity contribution in [1.29, 1.82) is 0 Å². The second-order valence-corrected chi connectivity index (χ2v) is 5.89. The molecule has 1 aromatic heterocycles. The normalized spacial score (nSPS) is 14.7. The van der Waals surface area contributed by atoms with Gasteiger partial charge in [-0.05, 0) is 25.7 Å². The van der Waals surface area contributed by atoms with Crippen LogP contribution >= 0.6 is 0 Å². The van der Waals surface area contributed by atoms with Gasteiger partial charge in [-0.3, -0.25) is 19.8 Å². The maximum absolute atomic E-state index is 10.6. The van der Waals surface area contributed by atoms with E-state index in [0.29, 0.717) is 19.7 Å². The Kier molecular flexibility index (Phi) is 6.98. The summed E-state index contributed by atoms with van der Waals surface area (Å²) in [6.45, 7) is 6.10. The van der Waals surface area contributed by atoms with Crippen LogP contribution in [0.15, 0.2) is 17.4 Å². The molecule has 1 aliphatic carbocycles. The zero-order valence-electron chi connectivity index (χ0n) is 14.3. The lowest BCUT2D eigenvalue weighted by molar-refractivity contribution is -0.385. The smallest absolute Gasteiger partial charge is 0.306 e. The van der Waals surface area contributed by atoms with Crippen LogP contribution in [0.2, 0.25) is 0 Å². The fourth-order valence-electron chi connectivity index (χ4n) is 2.14. The monoisotopic (exact) mass is 338 g/mol. The molecular formula is C15H26N6O3. The number of rotatable bonds is 10. The summed E-state index contributed by atoms with van der Waals surface area (Å²) in [4.78, 5) is 16.7. The van der Waals surface area contributed by atoms with Gasteiger partial charge in [0.05, 0.1) is 24.6 Å². The zero-order valence-corrected chi connectivity index (χ0v) is 14.3. The molecule has 134 valence electrons. The minimum Gasteiger partial charge on any atom is -0.379 e. The maximum Gasteiger partial charge on any atom is 0.306 e. The molecule has 0 saturated heterocycles. The Labute approximate surface area is 141 Å². The van der Waals surface area contributed by atoms with E-state index in [2.05, 4.69) is 15.4 Å². The summed E-state index contributed by atoms with van der Waals surface area (Å²) >= 11 is 0. The summed E-state index contributed by atoms with van der Waals surface area (Å²) in [5.41, 5.74) is -0.00387. The van der Waals surface area contributed by atoms with E-state index in [1.54, 1.807) is 0 Å². The SMILES string of the molecule is CCNC(=NCCn1cc([N+](=O)[O-])cn1)N(C)CCOCC1CC1. The van der Waals surface area contributed by atoms with Gasteiger partial charge in [-0.2, -0.15) is 5.10 Å². The molecule has 0 atom stereocenters. The summed E-state index contributed by atoms with van der Waals surface area (Å²) < 4.78 is 7.18. The van der Waals surface area contributed by atoms with Crippen molar-refractivity contribution in [2.45, 2.75) is 26.3 Å². The van der Waals surface area contributed by atoms with Crippen molar-refractivity contribution in [2.75, 3.05) is 39.9 Å². The second-order valence-electron chi connectivity index (χ2n) is 5.89. The third kappa shape index (κ3) is 6.15. The van der Waals surface area contributed by atoms with E-state index in [4.69, 9.17) is 4.74 Å². The summed E-state index contributed by atoms with van der Waals surface area (Å²) in [7, 11) is 1.97. The minimum absolute atomic E-state index is 0.00387. The predicted octanol–water partition coefficient (Wildman–Crippen LogP) is 1.12. The second kappa shape index (κ2) is 9.21. The van der Waals surface area contributed by atoms with E-state index in [-0.39, 0.29) is 5.69 Å². The van der Waals surface area contributed by atoms with Gasteiger partial charge in [-0.15, -0.1) is 0 Å². The van der Waals surface area contributed by atoms with Crippen LogP contribution < -0.4 is 5.32 Å². The molecule has 0 aliphatic heterocycles. The van der Waals surface area contributed by atoms with Gasteiger partial charge in [-0.1, -0.05) is 0 Å². The van der Waals surface area contributed by atoms with Gasteiger partial charge in [0, 0.05) is 26.7 Å². The quantitative estimate of drug-likeness (QED) is 0.226. The molecule has 24 heavy (non-hydrogen) atoms. The number of ether oxygens (including phenoxy) is 1. The van der Waals surface area contributed by atoms with Crippen LogP contribution in [0.5, 0.6) is 0 Å². The highest BCUT2D eigenvalue weighted by molar-refractivity contribution is 5.79. The van der Waals surface area contributed by atoms with Crippen LogP contribution in [-0.2, 0) is 11.3 Å². The lowest BCUT2D eigenvalue weighted by Gasteiger charge is -2.22. The molecule has 1 saturated carbocycles. The highest BCUT2D eigenvalue weighted by Crippen LogP contribution is 2.28. The molecule has 2 rings (SSSR count). The molecule has 9 nitrogen and oxygen atoms in total. The fourth-order valence-corrected chi connectivity index (χ4v) is 2.14. The lowest BCUT2D eigenvalue weighted by atomic mass is 10.5. The number of nitrogens with one attached hydrogen (secondary N) is 1. The van der Waals surface area contributed by atoms with Crippen molar-refractivity contribution < 1.29 is 9.66 Å². The standard InChI is InChI=1S/C15H26N6O3/c1-3-16-15(19(2)8-9-24-12-13-4-5-13)17-6-7-20-11-14(10-18-20)21(22)23/h10-11,13H,3-9,12H2,1-2H3,(H,16,17). The van der Waals surface area contributed by atoms with E-state index < -0.39 is 4.92 Å². The molecule has 1 aromatic rings. The minimum atomic E-state index is -0.452. The Balaban J connectivity index is 1.75. The summed E-state index contributed by atoms with van der Waals surface area (Å²) in [5, 5.41) is 17.8. The number of aliphatic imine (C=N–C) groups is 1. The number of hydrogen-bond donors (Lipinski definition) is 1. The van der Waals surface area contributed by atoms with Crippen molar-refractivity contribution in [3.8, 4) is 0 Å². The van der Waals surface area contributed by atoms with Gasteiger partial charge in [0.1, 0.15) is 12.4 Å². The highest BCUT2D eigenvalue weighted by atomic mass is 16.6. The van der Waals surface area contributed by atoms with Gasteiger partial charge in [0.15, 0.2) is 5.96 Å². The molecular weight excluding hydrogens is 312 g/mol. The largest absolute Gasteiger partial charge is 0.379 e. The molecule has 1 heterocycles. The van der Waals surface area contributed by atoms with Gasteiger partial charge >= 0.3 is 5.69 Å². The van der Waals surface area contributed by atoms with E-state index in [1.165, 1.54) is 29.9 Å². The Morgan fingerprint density at radius 2 is 2.42 bits per heavy atom. The molecule has 0 unspecified atom stereocenters. The van der Waals surface area contributed by atoms with Crippen molar-refractivity contribution in [1.82, 2.24) is 20.0 Å². The van der Waals surface area contributed by atoms with E-state index in [1.807, 2.05) is 18.9 Å². The Morgan fingerprint density at radius 1 is 1.62 bits per heavy atom. The van der Waals surface area contributed by atoms with Gasteiger partial charge in [-0.25, -0.2) is 0 Å². The summed E-state index contributed by atoms with van der Waals surface area (Å²) in [6, 6.07) is 0. The number of hydrogen-bond acceptors (Lipinski definition) is 5. The van der Waals surface area contributed by atoms with Crippen molar-refractivity contribution >= 4 is 11.6 Å². The van der Waals surface area contributed by atoms with Gasteiger partial charge in [0.2, 0.25) is 0 Å². The van der Waals surface area contributed by atoms with Crippen molar-refractivity contribution in [2.24, 2.45) is 10.9 Å². The molecule has 0 spiro atoms. The van der Waals surface area contributed by atoms with Gasteiger partial charge < -0.3 is 15.0 Å². The topological polar surface area (TPSA) is 97.8 Å². The molecule has 0 radical (unpaired) electrons. The molecule has 1 fully saturated rings. The summed E-state index contributed by atoms with van der Waals surface area (Å²) in [6.07, 6.45) is 5.26. The molecule has 9 heteroatoms. The molecule has 1 aliphatic rings. The van der Waals surface area contributed by atoms with Crippen LogP contribution in [0, 0.1) is 16.0 Å². The average molecular weight is 338 g/mol. The van der Waals surface area contributed by atoms with E-state index in [9.17, 15) is 10.1 Å². The van der Waals surface area contributed by atoms with E-state index in [0.717, 1.165) is 31.6 Å². The van der Waals surface area contributed by atoms with Crippen LogP contribution in [0.1, 0.15) is 19.8 Å². The zero-order chi connectivity index (χ0) is 17.4. The Bertz CT molecular complexity index is 555. The molecule has 0 amide bonds. The predicted molar refractivity (Wildman–Crippen MR) is 91.0 cm³/mol. The van der Waals surface area contributed by atoms with E-state index >= 15 is 0 Å². The first kappa shape index (κ1) is 18.2. The Hall–Kier alpha value is -2.16. The van der Waals surface area contributed by atoms with Crippen LogP contribution in [0.25, 0.3) is 0 Å². The first-order valence-corrected chi connectivity index (χ1v) is 8.34. The highest BCUT2D eigenvalue weighted by Gasteiger charge is 2.21. The fraction of sp³-hybridized carbons (Fsp3) is 0.733. The third-order valence-corrected chi connectivity index (χ3v) is 3.74. The lowest BCUT2D eigenvalue weighted by Crippen LogP contribution is -2.40. The maximum atomic E-state index is 10.6. The first-order chi connectivity index (χ1) is 11.6. The number of nitrogens with zero attached hydrogens (tertiary/aromatic N) is 5. The first-order valence-electron chi connectivity index (χ1n) is 8.34. The third-order valence-electron chi connectivity index (χ3n) is 3.74. The van der Waals surface area contributed by atoms with Crippen LogP contribution in [0.4, 0.5) is 5.69 Å². The number of likely N-dealkylation sites (N-methyl/N-ethyl adjacent to an activating group) is 1. The molecule has 0 aromatic carbocycles. The van der Waals surface area contributed by atoms with Crippen molar-refractivity contribution in [3.63, 3.8) is 0 Å².